The van der Waals surface area contributed by atoms with E-state index in [1.165, 1.54) is 0 Å². The molecule has 1 aromatic carbocycles. The molecule has 2 rings (SSSR count). The van der Waals surface area contributed by atoms with Crippen molar-refractivity contribution in [3.63, 3.8) is 0 Å². The van der Waals surface area contributed by atoms with Gasteiger partial charge in [-0.15, -0.1) is 0 Å². The molecule has 0 unspecified atom stereocenters. The highest BCUT2D eigenvalue weighted by atomic mass is 14.8. The van der Waals surface area contributed by atoms with E-state index in [2.05, 4.69) is 4.98 Å². The van der Waals surface area contributed by atoms with Crippen LogP contribution in [0.3, 0.4) is 0 Å². The first kappa shape index (κ1) is 6.09. The summed E-state index contributed by atoms with van der Waals surface area (Å²) in [5, 5.41) is 0.991. The molecule has 5 N–H and O–H groups in total. The Morgan fingerprint density at radius 2 is 1.91 bits per heavy atom. The number of para-hydroxylation sites is 1. The zero-order chi connectivity index (χ0) is 7.84. The zero-order valence-corrected chi connectivity index (χ0v) is 5.96. The molecule has 3 nitrogen and oxygen atoms in total. The van der Waals surface area contributed by atoms with Gasteiger partial charge in [-0.3, -0.25) is 0 Å². The molecule has 0 aliphatic heterocycles. The zero-order valence-electron chi connectivity index (χ0n) is 5.96. The van der Waals surface area contributed by atoms with Gasteiger partial charge in [-0.2, -0.15) is 0 Å². The Bertz CT molecular complexity index is 389. The Kier molecular flexibility index (Phi) is 1.06. The van der Waals surface area contributed by atoms with Gasteiger partial charge in [-0.1, -0.05) is 12.1 Å². The van der Waals surface area contributed by atoms with Crippen molar-refractivity contribution in [3.05, 3.63) is 24.4 Å². The number of aromatic amines is 1. The first-order valence-electron chi connectivity index (χ1n) is 3.40. The summed E-state index contributed by atoms with van der Waals surface area (Å²) in [4.78, 5) is 3.01. The van der Waals surface area contributed by atoms with Gasteiger partial charge in [0.25, 0.3) is 0 Å². The third-order valence-electron chi connectivity index (χ3n) is 1.78. The molecule has 3 heteroatoms. The van der Waals surface area contributed by atoms with E-state index in [1.807, 2.05) is 18.2 Å². The monoisotopic (exact) mass is 147 g/mol. The maximum atomic E-state index is 5.68. The van der Waals surface area contributed by atoms with E-state index in [0.29, 0.717) is 0 Å². The molecule has 2 aromatic rings. The van der Waals surface area contributed by atoms with E-state index in [0.717, 1.165) is 22.3 Å². The van der Waals surface area contributed by atoms with Gasteiger partial charge in [0.15, 0.2) is 0 Å². The van der Waals surface area contributed by atoms with E-state index >= 15 is 0 Å². The lowest BCUT2D eigenvalue weighted by Crippen LogP contribution is -1.85. The summed E-state index contributed by atoms with van der Waals surface area (Å²) in [5.74, 6) is 0. The van der Waals surface area contributed by atoms with Gasteiger partial charge in [-0.25, -0.2) is 0 Å². The first-order valence-corrected chi connectivity index (χ1v) is 3.40. The normalized spacial score (nSPS) is 10.5. The van der Waals surface area contributed by atoms with Crippen LogP contribution in [0.4, 0.5) is 11.4 Å². The van der Waals surface area contributed by atoms with Crippen molar-refractivity contribution in [1.29, 1.82) is 0 Å². The van der Waals surface area contributed by atoms with Gasteiger partial charge in [0.05, 0.1) is 16.9 Å². The topological polar surface area (TPSA) is 67.8 Å². The molecule has 1 aromatic heterocycles. The van der Waals surface area contributed by atoms with Crippen LogP contribution in [0.2, 0.25) is 0 Å². The van der Waals surface area contributed by atoms with Crippen molar-refractivity contribution in [2.24, 2.45) is 0 Å². The molecule has 0 saturated heterocycles. The maximum Gasteiger partial charge on any atom is 0.0709 e. The van der Waals surface area contributed by atoms with Crippen molar-refractivity contribution >= 4 is 22.3 Å². The molecule has 0 spiro atoms. The van der Waals surface area contributed by atoms with Gasteiger partial charge in [0.2, 0.25) is 0 Å². The molecule has 0 atom stereocenters. The summed E-state index contributed by atoms with van der Waals surface area (Å²) in [6.07, 6.45) is 1.75. The summed E-state index contributed by atoms with van der Waals surface area (Å²) < 4.78 is 0. The van der Waals surface area contributed by atoms with E-state index in [4.69, 9.17) is 11.5 Å². The molecule has 0 amide bonds. The fourth-order valence-electron chi connectivity index (χ4n) is 1.20. The highest BCUT2D eigenvalue weighted by Gasteiger charge is 2.00. The molecule has 0 fully saturated rings. The fraction of sp³-hybridized carbons (Fsp3) is 0. The summed E-state index contributed by atoms with van der Waals surface area (Å²) in [5.41, 5.74) is 13.7. The lowest BCUT2D eigenvalue weighted by Gasteiger charge is -1.94. The predicted molar refractivity (Wildman–Crippen MR) is 47.1 cm³/mol. The van der Waals surface area contributed by atoms with E-state index in [-0.39, 0.29) is 0 Å². The highest BCUT2D eigenvalue weighted by Crippen LogP contribution is 2.24. The lowest BCUT2D eigenvalue weighted by molar-refractivity contribution is 1.48. The number of hydrogen-bond donors (Lipinski definition) is 3. The minimum absolute atomic E-state index is 0.735. The SMILES string of the molecule is Nc1c[nH]c2c(N)cccc12. The Morgan fingerprint density at radius 1 is 1.09 bits per heavy atom. The Labute approximate surface area is 64.0 Å². The van der Waals surface area contributed by atoms with Gasteiger partial charge in [0, 0.05) is 11.6 Å². The number of nitrogens with two attached hydrogens (primary N) is 2. The third kappa shape index (κ3) is 0.741. The number of nitrogen functional groups attached to an aromatic ring is 2. The molecular formula is C8H9N3. The lowest BCUT2D eigenvalue weighted by atomic mass is 10.2. The minimum Gasteiger partial charge on any atom is -0.397 e. The largest absolute Gasteiger partial charge is 0.397 e. The average Bonchev–Trinajstić information content (AvgIpc) is 2.35. The number of anilines is 2. The molecule has 0 aliphatic carbocycles. The van der Waals surface area contributed by atoms with E-state index < -0.39 is 0 Å². The molecule has 1 heterocycles. The molecular weight excluding hydrogens is 138 g/mol. The second-order valence-electron chi connectivity index (χ2n) is 2.51. The molecule has 0 aliphatic rings. The van der Waals surface area contributed by atoms with Crippen LogP contribution < -0.4 is 11.5 Å². The Balaban J connectivity index is 2.94. The summed E-state index contributed by atoms with van der Waals surface area (Å²) in [6, 6.07) is 5.68. The maximum absolute atomic E-state index is 5.68. The number of benzene rings is 1. The molecule has 0 radical (unpaired) electrons. The van der Waals surface area contributed by atoms with Crippen LogP contribution in [0.15, 0.2) is 24.4 Å². The number of aromatic nitrogens is 1. The highest BCUT2D eigenvalue weighted by molar-refractivity contribution is 5.97. The fourth-order valence-corrected chi connectivity index (χ4v) is 1.20. The summed E-state index contributed by atoms with van der Waals surface area (Å²) in [6.45, 7) is 0. The van der Waals surface area contributed by atoms with Gasteiger partial charge < -0.3 is 16.5 Å². The second-order valence-corrected chi connectivity index (χ2v) is 2.51. The summed E-state index contributed by atoms with van der Waals surface area (Å²) in [7, 11) is 0. The van der Waals surface area contributed by atoms with Crippen molar-refractivity contribution in [2.45, 2.75) is 0 Å². The van der Waals surface area contributed by atoms with Gasteiger partial charge in [0.1, 0.15) is 0 Å². The quantitative estimate of drug-likeness (QED) is 0.492. The molecule has 0 bridgehead atoms. The van der Waals surface area contributed by atoms with E-state index in [9.17, 15) is 0 Å². The Morgan fingerprint density at radius 3 is 2.64 bits per heavy atom. The smallest absolute Gasteiger partial charge is 0.0709 e. The number of nitrogens with one attached hydrogen (secondary N) is 1. The molecule has 11 heavy (non-hydrogen) atoms. The minimum atomic E-state index is 0.735. The van der Waals surface area contributed by atoms with Crippen molar-refractivity contribution in [1.82, 2.24) is 4.98 Å². The number of fused-ring (bicyclic) bond motifs is 1. The third-order valence-corrected chi connectivity index (χ3v) is 1.78. The van der Waals surface area contributed by atoms with Crippen LogP contribution in [0.5, 0.6) is 0 Å². The van der Waals surface area contributed by atoms with Crippen LogP contribution in [0.1, 0.15) is 0 Å². The predicted octanol–water partition coefficient (Wildman–Crippen LogP) is 1.33. The first-order chi connectivity index (χ1) is 5.29. The Hall–Kier alpha value is -1.64. The van der Waals surface area contributed by atoms with Crippen LogP contribution >= 0.6 is 0 Å². The van der Waals surface area contributed by atoms with Crippen molar-refractivity contribution < 1.29 is 0 Å². The van der Waals surface area contributed by atoms with Gasteiger partial charge in [-0.05, 0) is 6.07 Å². The van der Waals surface area contributed by atoms with Gasteiger partial charge >= 0.3 is 0 Å². The number of rotatable bonds is 0. The number of H-pyrrole nitrogens is 1. The number of hydrogen-bond acceptors (Lipinski definition) is 2. The van der Waals surface area contributed by atoms with Crippen LogP contribution in [-0.4, -0.2) is 4.98 Å². The van der Waals surface area contributed by atoms with Crippen molar-refractivity contribution in [2.75, 3.05) is 11.5 Å². The van der Waals surface area contributed by atoms with Crippen LogP contribution in [0, 0.1) is 0 Å². The average molecular weight is 147 g/mol. The molecule has 56 valence electrons. The molecule has 0 saturated carbocycles. The second kappa shape index (κ2) is 1.92. The summed E-state index contributed by atoms with van der Waals surface area (Å²) >= 11 is 0. The standard InChI is InChI=1S/C8H9N3/c9-6-3-1-2-5-7(10)4-11-8(5)6/h1-4,11H,9-10H2. The van der Waals surface area contributed by atoms with E-state index in [1.54, 1.807) is 6.20 Å². The van der Waals surface area contributed by atoms with Crippen LogP contribution in [-0.2, 0) is 0 Å². The van der Waals surface area contributed by atoms with Crippen molar-refractivity contribution in [3.8, 4) is 0 Å². The van der Waals surface area contributed by atoms with Crippen LogP contribution in [0.25, 0.3) is 10.9 Å².